The molecule has 0 aromatic heterocycles. The molecule has 1 aromatic rings. The van der Waals surface area contributed by atoms with Gasteiger partial charge in [-0.1, -0.05) is 25.1 Å². The number of benzene rings is 1. The van der Waals surface area contributed by atoms with Gasteiger partial charge < -0.3 is 4.74 Å². The van der Waals surface area contributed by atoms with Gasteiger partial charge in [-0.15, -0.1) is 11.8 Å². The largest absolute Gasteiger partial charge is 0.466 e. The van der Waals surface area contributed by atoms with E-state index in [1.807, 2.05) is 37.0 Å². The molecular weight excluding hydrogens is 258 g/mol. The van der Waals surface area contributed by atoms with E-state index in [1.165, 1.54) is 4.90 Å². The zero-order valence-electron chi connectivity index (χ0n) is 11.6. The van der Waals surface area contributed by atoms with Gasteiger partial charge in [-0.2, -0.15) is 0 Å². The summed E-state index contributed by atoms with van der Waals surface area (Å²) in [5, 5.41) is 0. The van der Waals surface area contributed by atoms with Gasteiger partial charge in [0.2, 0.25) is 0 Å². The number of nitrogens with zero attached hydrogens (tertiary/aromatic N) is 1. The highest BCUT2D eigenvalue weighted by Crippen LogP contribution is 2.20. The number of hydrogen-bond donors (Lipinski definition) is 0. The number of rotatable bonds is 8. The third-order valence-electron chi connectivity index (χ3n) is 2.42. The van der Waals surface area contributed by atoms with Crippen LogP contribution < -0.4 is 0 Å². The molecule has 0 amide bonds. The van der Waals surface area contributed by atoms with Gasteiger partial charge in [0, 0.05) is 29.6 Å². The summed E-state index contributed by atoms with van der Waals surface area (Å²) in [4.78, 5) is 16.8. The summed E-state index contributed by atoms with van der Waals surface area (Å²) >= 11 is 1.81. The maximum Gasteiger partial charge on any atom is 0.305 e. The monoisotopic (exact) mass is 279 g/mol. The Hall–Kier alpha value is -1.29. The highest BCUT2D eigenvalue weighted by Gasteiger charge is 2.00. The molecule has 0 aliphatic carbocycles. The molecule has 0 bridgehead atoms. The molecule has 0 aliphatic heterocycles. The van der Waals surface area contributed by atoms with Gasteiger partial charge in [-0.05, 0) is 25.2 Å². The third kappa shape index (κ3) is 6.43. The fourth-order valence-corrected chi connectivity index (χ4v) is 2.36. The van der Waals surface area contributed by atoms with Crippen molar-refractivity contribution in [2.24, 2.45) is 4.99 Å². The first-order chi connectivity index (χ1) is 9.27. The first kappa shape index (κ1) is 15.8. The summed E-state index contributed by atoms with van der Waals surface area (Å²) in [6, 6.07) is 8.22. The van der Waals surface area contributed by atoms with E-state index in [1.54, 1.807) is 0 Å². The van der Waals surface area contributed by atoms with E-state index in [4.69, 9.17) is 4.74 Å². The first-order valence-electron chi connectivity index (χ1n) is 6.65. The number of thioether (sulfide) groups is 1. The van der Waals surface area contributed by atoms with Gasteiger partial charge >= 0.3 is 5.97 Å². The van der Waals surface area contributed by atoms with Crippen LogP contribution >= 0.6 is 11.8 Å². The molecule has 104 valence electrons. The van der Waals surface area contributed by atoms with E-state index < -0.39 is 0 Å². The van der Waals surface area contributed by atoms with Gasteiger partial charge in [-0.25, -0.2) is 0 Å². The van der Waals surface area contributed by atoms with Crippen molar-refractivity contribution >= 4 is 23.9 Å². The molecule has 0 radical (unpaired) electrons. The topological polar surface area (TPSA) is 38.7 Å². The van der Waals surface area contributed by atoms with Crippen LogP contribution in [0.25, 0.3) is 0 Å². The number of hydrogen-bond acceptors (Lipinski definition) is 4. The van der Waals surface area contributed by atoms with Crippen LogP contribution in [0, 0.1) is 0 Å². The molecule has 1 aromatic carbocycles. The fourth-order valence-electron chi connectivity index (χ4n) is 1.58. The molecule has 0 spiro atoms. The van der Waals surface area contributed by atoms with E-state index in [2.05, 4.69) is 24.0 Å². The average molecular weight is 279 g/mol. The van der Waals surface area contributed by atoms with Crippen molar-refractivity contribution in [3.8, 4) is 0 Å². The van der Waals surface area contributed by atoms with Crippen LogP contribution in [0.1, 0.15) is 32.3 Å². The van der Waals surface area contributed by atoms with Crippen LogP contribution in [0.5, 0.6) is 0 Å². The molecule has 1 rings (SSSR count). The minimum Gasteiger partial charge on any atom is -0.466 e. The molecule has 0 atom stereocenters. The van der Waals surface area contributed by atoms with E-state index in [0.717, 1.165) is 17.7 Å². The van der Waals surface area contributed by atoms with Crippen molar-refractivity contribution in [3.63, 3.8) is 0 Å². The average Bonchev–Trinajstić information content (AvgIpc) is 2.41. The van der Waals surface area contributed by atoms with Crippen molar-refractivity contribution in [1.82, 2.24) is 0 Å². The zero-order valence-corrected chi connectivity index (χ0v) is 12.4. The Balaban J connectivity index is 2.38. The molecule has 0 fully saturated rings. The minimum atomic E-state index is -0.139. The molecule has 0 heterocycles. The lowest BCUT2D eigenvalue weighted by molar-refractivity contribution is -0.143. The number of aliphatic imine (C=N–C) groups is 1. The normalized spacial score (nSPS) is 10.8. The van der Waals surface area contributed by atoms with Crippen molar-refractivity contribution in [2.75, 3.05) is 18.9 Å². The summed E-state index contributed by atoms with van der Waals surface area (Å²) in [6.45, 7) is 5.06. The first-order valence-corrected chi connectivity index (χ1v) is 7.63. The zero-order chi connectivity index (χ0) is 13.9. The van der Waals surface area contributed by atoms with Crippen LogP contribution in [-0.4, -0.2) is 31.1 Å². The molecular formula is C15H21NO2S. The van der Waals surface area contributed by atoms with Crippen LogP contribution in [0.15, 0.2) is 34.2 Å². The van der Waals surface area contributed by atoms with Crippen molar-refractivity contribution < 1.29 is 9.53 Å². The molecule has 0 unspecified atom stereocenters. The standard InChI is InChI=1S/C15H21NO2S/c1-3-18-15(17)10-7-11-16-12-13-8-5-6-9-14(13)19-4-2/h5-6,8-9,12H,3-4,7,10-11H2,1-2H3. The molecule has 3 nitrogen and oxygen atoms in total. The smallest absolute Gasteiger partial charge is 0.305 e. The second-order valence-corrected chi connectivity index (χ2v) is 5.22. The van der Waals surface area contributed by atoms with Crippen molar-refractivity contribution in [1.29, 1.82) is 0 Å². The second kappa shape index (κ2) is 9.62. The lowest BCUT2D eigenvalue weighted by Crippen LogP contribution is -2.04. The van der Waals surface area contributed by atoms with E-state index in [-0.39, 0.29) is 5.97 Å². The summed E-state index contributed by atoms with van der Waals surface area (Å²) in [7, 11) is 0. The number of carbonyl (C=O) groups excluding carboxylic acids is 1. The third-order valence-corrected chi connectivity index (χ3v) is 3.39. The Kier molecular flexibility index (Phi) is 7.98. The predicted octanol–water partition coefficient (Wildman–Crippen LogP) is 3.56. The van der Waals surface area contributed by atoms with Crippen molar-refractivity contribution in [2.45, 2.75) is 31.6 Å². The van der Waals surface area contributed by atoms with E-state index in [9.17, 15) is 4.79 Å². The Labute approximate surface area is 119 Å². The lowest BCUT2D eigenvalue weighted by atomic mass is 10.2. The highest BCUT2D eigenvalue weighted by molar-refractivity contribution is 7.99. The summed E-state index contributed by atoms with van der Waals surface area (Å²) in [6.07, 6.45) is 3.07. The molecule has 0 aliphatic rings. The van der Waals surface area contributed by atoms with Gasteiger partial charge in [0.05, 0.1) is 6.61 Å². The van der Waals surface area contributed by atoms with Gasteiger partial charge in [0.15, 0.2) is 0 Å². The van der Waals surface area contributed by atoms with Crippen LogP contribution in [0.4, 0.5) is 0 Å². The number of carbonyl (C=O) groups is 1. The van der Waals surface area contributed by atoms with Crippen LogP contribution in [-0.2, 0) is 9.53 Å². The van der Waals surface area contributed by atoms with Gasteiger partial charge in [-0.3, -0.25) is 9.79 Å². The lowest BCUT2D eigenvalue weighted by Gasteiger charge is -2.03. The maximum absolute atomic E-state index is 11.1. The molecule has 0 saturated carbocycles. The van der Waals surface area contributed by atoms with Gasteiger partial charge in [0.25, 0.3) is 0 Å². The van der Waals surface area contributed by atoms with Crippen LogP contribution in [0.3, 0.4) is 0 Å². The summed E-state index contributed by atoms with van der Waals surface area (Å²) in [5.41, 5.74) is 1.14. The molecule has 19 heavy (non-hydrogen) atoms. The molecule has 0 saturated heterocycles. The second-order valence-electron chi connectivity index (χ2n) is 3.91. The summed E-state index contributed by atoms with van der Waals surface area (Å²) < 4.78 is 4.86. The minimum absolute atomic E-state index is 0.139. The van der Waals surface area contributed by atoms with E-state index in [0.29, 0.717) is 19.6 Å². The van der Waals surface area contributed by atoms with Gasteiger partial charge in [0.1, 0.15) is 0 Å². The Morgan fingerprint density at radius 1 is 1.37 bits per heavy atom. The Morgan fingerprint density at radius 2 is 2.16 bits per heavy atom. The fraction of sp³-hybridized carbons (Fsp3) is 0.467. The number of esters is 1. The molecule has 0 N–H and O–H groups in total. The predicted molar refractivity (Wildman–Crippen MR) is 81.2 cm³/mol. The summed E-state index contributed by atoms with van der Waals surface area (Å²) in [5.74, 6) is 0.910. The quantitative estimate of drug-likeness (QED) is 0.316. The van der Waals surface area contributed by atoms with Crippen LogP contribution in [0.2, 0.25) is 0 Å². The van der Waals surface area contributed by atoms with Crippen molar-refractivity contribution in [3.05, 3.63) is 29.8 Å². The highest BCUT2D eigenvalue weighted by atomic mass is 32.2. The Morgan fingerprint density at radius 3 is 2.89 bits per heavy atom. The van der Waals surface area contributed by atoms with E-state index >= 15 is 0 Å². The molecule has 4 heteroatoms. The Bertz CT molecular complexity index is 418. The number of ether oxygens (including phenoxy) is 1. The SMILES string of the molecule is CCOC(=O)CCCN=Cc1ccccc1SCC. The maximum atomic E-state index is 11.1.